The van der Waals surface area contributed by atoms with Gasteiger partial charge in [0.1, 0.15) is 5.82 Å². The lowest BCUT2D eigenvalue weighted by molar-refractivity contribution is 0.0696. The van der Waals surface area contributed by atoms with Crippen LogP contribution in [0.3, 0.4) is 0 Å². The molecule has 0 bridgehead atoms. The Labute approximate surface area is 144 Å². The normalized spacial score (nSPS) is 20.5. The number of nitrogens with zero attached hydrogens (tertiary/aromatic N) is 2. The van der Waals surface area contributed by atoms with E-state index in [0.717, 1.165) is 50.6 Å². The van der Waals surface area contributed by atoms with Crippen molar-refractivity contribution in [3.8, 4) is 0 Å². The summed E-state index contributed by atoms with van der Waals surface area (Å²) in [4.78, 5) is 18.9. The summed E-state index contributed by atoms with van der Waals surface area (Å²) in [5.41, 5.74) is 0.902. The molecule has 2 heterocycles. The molecule has 0 spiro atoms. The van der Waals surface area contributed by atoms with Crippen LogP contribution in [-0.2, 0) is 0 Å². The summed E-state index contributed by atoms with van der Waals surface area (Å²) in [7, 11) is 0. The van der Waals surface area contributed by atoms with Gasteiger partial charge in [0, 0.05) is 32.4 Å². The van der Waals surface area contributed by atoms with E-state index in [1.807, 2.05) is 17.0 Å². The molecule has 2 N–H and O–H groups in total. The molecule has 24 heavy (non-hydrogen) atoms. The van der Waals surface area contributed by atoms with Gasteiger partial charge >= 0.3 is 0 Å². The SMILES string of the molecule is CC1CCN(C(=O)c2ccc(NCC3(CCO)CCC3)nc2)CC1. The van der Waals surface area contributed by atoms with Crippen LogP contribution in [0.25, 0.3) is 0 Å². The van der Waals surface area contributed by atoms with Crippen molar-refractivity contribution in [2.75, 3.05) is 31.6 Å². The number of carbonyl (C=O) groups is 1. The number of aliphatic hydroxyl groups is 1. The molecular formula is C19H29N3O2. The van der Waals surface area contributed by atoms with Crippen LogP contribution in [0.5, 0.6) is 0 Å². The van der Waals surface area contributed by atoms with Crippen molar-refractivity contribution in [1.29, 1.82) is 0 Å². The Bertz CT molecular complexity index is 546. The Kier molecular flexibility index (Phi) is 5.39. The van der Waals surface area contributed by atoms with E-state index in [9.17, 15) is 9.90 Å². The molecule has 2 fully saturated rings. The summed E-state index contributed by atoms with van der Waals surface area (Å²) in [5.74, 6) is 1.62. The van der Waals surface area contributed by atoms with E-state index >= 15 is 0 Å². The van der Waals surface area contributed by atoms with Crippen molar-refractivity contribution in [2.45, 2.75) is 45.4 Å². The van der Waals surface area contributed by atoms with Crippen molar-refractivity contribution >= 4 is 11.7 Å². The second-order valence-corrected chi connectivity index (χ2v) is 7.59. The number of amides is 1. The molecule has 2 aliphatic rings. The van der Waals surface area contributed by atoms with Gasteiger partial charge < -0.3 is 15.3 Å². The molecule has 5 nitrogen and oxygen atoms in total. The second kappa shape index (κ2) is 7.51. The molecular weight excluding hydrogens is 302 g/mol. The van der Waals surface area contributed by atoms with E-state index in [1.54, 1.807) is 6.20 Å². The monoisotopic (exact) mass is 331 g/mol. The number of rotatable bonds is 6. The first-order valence-electron chi connectivity index (χ1n) is 9.22. The molecule has 1 amide bonds. The number of hydrogen-bond donors (Lipinski definition) is 2. The molecule has 0 atom stereocenters. The van der Waals surface area contributed by atoms with E-state index in [-0.39, 0.29) is 17.9 Å². The van der Waals surface area contributed by atoms with E-state index < -0.39 is 0 Å². The highest BCUT2D eigenvalue weighted by Crippen LogP contribution is 2.43. The van der Waals surface area contributed by atoms with Crippen LogP contribution in [0.2, 0.25) is 0 Å². The number of carbonyl (C=O) groups excluding carboxylic acids is 1. The lowest BCUT2D eigenvalue weighted by Gasteiger charge is -2.42. The predicted molar refractivity (Wildman–Crippen MR) is 95.0 cm³/mol. The van der Waals surface area contributed by atoms with Crippen LogP contribution in [0.15, 0.2) is 18.3 Å². The number of hydrogen-bond acceptors (Lipinski definition) is 4. The van der Waals surface area contributed by atoms with E-state index in [1.165, 1.54) is 19.3 Å². The molecule has 1 aliphatic carbocycles. The van der Waals surface area contributed by atoms with Gasteiger partial charge in [-0.1, -0.05) is 13.3 Å². The summed E-state index contributed by atoms with van der Waals surface area (Å²) in [6, 6.07) is 3.76. The van der Waals surface area contributed by atoms with Gasteiger partial charge in [-0.05, 0) is 55.6 Å². The number of piperidine rings is 1. The first-order valence-corrected chi connectivity index (χ1v) is 9.22. The summed E-state index contributed by atoms with van der Waals surface area (Å²) in [6.07, 6.45) is 8.30. The molecule has 3 rings (SSSR count). The maximum absolute atomic E-state index is 12.5. The zero-order valence-corrected chi connectivity index (χ0v) is 14.6. The number of aromatic nitrogens is 1. The quantitative estimate of drug-likeness (QED) is 0.841. The van der Waals surface area contributed by atoms with Gasteiger partial charge in [-0.3, -0.25) is 4.79 Å². The Morgan fingerprint density at radius 3 is 2.67 bits per heavy atom. The number of anilines is 1. The highest BCUT2D eigenvalue weighted by Gasteiger charge is 2.36. The Balaban J connectivity index is 1.54. The fraction of sp³-hybridized carbons (Fsp3) is 0.684. The Morgan fingerprint density at radius 2 is 2.12 bits per heavy atom. The van der Waals surface area contributed by atoms with Crippen molar-refractivity contribution in [1.82, 2.24) is 9.88 Å². The molecule has 1 aliphatic heterocycles. The molecule has 1 aromatic rings. The van der Waals surface area contributed by atoms with Crippen LogP contribution >= 0.6 is 0 Å². The van der Waals surface area contributed by atoms with Gasteiger partial charge in [-0.25, -0.2) is 4.98 Å². The molecule has 1 saturated carbocycles. The van der Waals surface area contributed by atoms with Gasteiger partial charge in [0.15, 0.2) is 0 Å². The van der Waals surface area contributed by atoms with Crippen molar-refractivity contribution in [3.05, 3.63) is 23.9 Å². The minimum Gasteiger partial charge on any atom is -0.396 e. The highest BCUT2D eigenvalue weighted by atomic mass is 16.3. The average Bonchev–Trinajstić information content (AvgIpc) is 2.58. The lowest BCUT2D eigenvalue weighted by Crippen LogP contribution is -2.38. The van der Waals surface area contributed by atoms with Gasteiger partial charge in [-0.2, -0.15) is 0 Å². The molecule has 1 aromatic heterocycles. The number of pyridine rings is 1. The predicted octanol–water partition coefficient (Wildman–Crippen LogP) is 2.92. The zero-order chi connectivity index (χ0) is 17.0. The third-order valence-corrected chi connectivity index (χ3v) is 5.78. The first kappa shape index (κ1) is 17.2. The second-order valence-electron chi connectivity index (χ2n) is 7.59. The number of aliphatic hydroxyl groups excluding tert-OH is 1. The van der Waals surface area contributed by atoms with Crippen LogP contribution < -0.4 is 5.32 Å². The molecule has 5 heteroatoms. The summed E-state index contributed by atoms with van der Waals surface area (Å²) >= 11 is 0. The molecule has 0 radical (unpaired) electrons. The minimum atomic E-state index is 0.0942. The van der Waals surface area contributed by atoms with Gasteiger partial charge in [-0.15, -0.1) is 0 Å². The minimum absolute atomic E-state index is 0.0942. The molecule has 0 aromatic carbocycles. The molecule has 132 valence electrons. The van der Waals surface area contributed by atoms with Crippen molar-refractivity contribution < 1.29 is 9.90 Å². The smallest absolute Gasteiger partial charge is 0.255 e. The maximum Gasteiger partial charge on any atom is 0.255 e. The fourth-order valence-electron chi connectivity index (χ4n) is 3.73. The Hall–Kier alpha value is -1.62. The van der Waals surface area contributed by atoms with Gasteiger partial charge in [0.2, 0.25) is 0 Å². The molecule has 0 unspecified atom stereocenters. The average molecular weight is 331 g/mol. The van der Waals surface area contributed by atoms with Crippen molar-refractivity contribution in [2.24, 2.45) is 11.3 Å². The summed E-state index contributed by atoms with van der Waals surface area (Å²) in [5, 5.41) is 12.6. The topological polar surface area (TPSA) is 65.5 Å². The largest absolute Gasteiger partial charge is 0.396 e. The van der Waals surface area contributed by atoms with Gasteiger partial charge in [0.25, 0.3) is 5.91 Å². The van der Waals surface area contributed by atoms with E-state index in [2.05, 4.69) is 17.2 Å². The number of likely N-dealkylation sites (tertiary alicyclic amines) is 1. The van der Waals surface area contributed by atoms with Crippen LogP contribution in [0.4, 0.5) is 5.82 Å². The number of nitrogens with one attached hydrogen (secondary N) is 1. The van der Waals surface area contributed by atoms with Crippen LogP contribution in [0.1, 0.15) is 55.8 Å². The lowest BCUT2D eigenvalue weighted by atomic mass is 9.67. The van der Waals surface area contributed by atoms with Crippen LogP contribution in [0, 0.1) is 11.3 Å². The summed E-state index contributed by atoms with van der Waals surface area (Å²) < 4.78 is 0. The maximum atomic E-state index is 12.5. The first-order chi connectivity index (χ1) is 11.6. The van der Waals surface area contributed by atoms with Crippen LogP contribution in [-0.4, -0.2) is 47.1 Å². The third-order valence-electron chi connectivity index (χ3n) is 5.78. The van der Waals surface area contributed by atoms with Gasteiger partial charge in [0.05, 0.1) is 5.56 Å². The van der Waals surface area contributed by atoms with Crippen molar-refractivity contribution in [3.63, 3.8) is 0 Å². The highest BCUT2D eigenvalue weighted by molar-refractivity contribution is 5.94. The fourth-order valence-corrected chi connectivity index (χ4v) is 3.73. The standard InChI is InChI=1S/C19H29N3O2/c1-15-5-10-22(11-6-15)18(24)16-3-4-17(20-13-16)21-14-19(9-12-23)7-2-8-19/h3-4,13,15,23H,2,5-12,14H2,1H3,(H,20,21). The zero-order valence-electron chi connectivity index (χ0n) is 14.6. The summed E-state index contributed by atoms with van der Waals surface area (Å²) in [6.45, 7) is 5.04. The molecule has 1 saturated heterocycles. The Morgan fingerprint density at radius 1 is 1.38 bits per heavy atom. The van der Waals surface area contributed by atoms with E-state index in [0.29, 0.717) is 5.56 Å². The van der Waals surface area contributed by atoms with E-state index in [4.69, 9.17) is 0 Å². The third kappa shape index (κ3) is 3.89.